The Morgan fingerprint density at radius 1 is 0.500 bits per heavy atom. The molecule has 6 heteroatoms. The Hall–Kier alpha value is 1.58. The lowest BCUT2D eigenvalue weighted by atomic mass is 10.1. The molecule has 0 bridgehead atoms. The summed E-state index contributed by atoms with van der Waals surface area (Å²) in [7, 11) is 3.37. The van der Waals surface area contributed by atoms with E-state index < -0.39 is 0 Å². The predicted molar refractivity (Wildman–Crippen MR) is 141 cm³/mol. The molecule has 0 aliphatic rings. The molecule has 0 rings (SSSR count). The van der Waals surface area contributed by atoms with Crippen LogP contribution in [0.15, 0.2) is 0 Å². The lowest BCUT2D eigenvalue weighted by Crippen LogP contribution is -1.88. The van der Waals surface area contributed by atoms with Crippen molar-refractivity contribution in [2.24, 2.45) is 0 Å². The van der Waals surface area contributed by atoms with Gasteiger partial charge in [0, 0.05) is 0 Å². The smallest absolute Gasteiger partial charge is 0.107 e. The van der Waals surface area contributed by atoms with E-state index in [9.17, 15) is 0 Å². The van der Waals surface area contributed by atoms with Crippen LogP contribution in [-0.2, 0) is 0 Å². The minimum atomic E-state index is 1.04. The topological polar surface area (TPSA) is 0 Å². The van der Waals surface area contributed by atoms with Crippen molar-refractivity contribution in [1.82, 2.24) is 0 Å². The van der Waals surface area contributed by atoms with Gasteiger partial charge in [0.05, 0.1) is 0 Å². The van der Waals surface area contributed by atoms with E-state index in [1.165, 1.54) is 89.9 Å². The molecule has 0 fully saturated rings. The molecule has 154 valence electrons. The normalized spacial score (nSPS) is 11.0. The van der Waals surface area contributed by atoms with Crippen LogP contribution in [0.5, 0.6) is 0 Å². The first-order valence-corrected chi connectivity index (χ1v) is 15.3. The maximum absolute atomic E-state index is 5.45. The summed E-state index contributed by atoms with van der Waals surface area (Å²) in [6.45, 7) is 4.54. The summed E-state index contributed by atoms with van der Waals surface area (Å²) < 4.78 is 2.08. The van der Waals surface area contributed by atoms with Gasteiger partial charge in [0.2, 0.25) is 0 Å². The fourth-order valence-corrected chi connectivity index (χ4v) is 7.60. The van der Waals surface area contributed by atoms with Gasteiger partial charge in [0.15, 0.2) is 0 Å². The highest BCUT2D eigenvalue weighted by atomic mass is 33.1. The van der Waals surface area contributed by atoms with E-state index in [2.05, 4.69) is 13.8 Å². The Bertz CT molecular complexity index is 300. The second-order valence-corrected chi connectivity index (χ2v) is 13.3. The zero-order valence-electron chi connectivity index (χ0n) is 16.8. The lowest BCUT2D eigenvalue weighted by Gasteiger charge is -2.05. The van der Waals surface area contributed by atoms with Gasteiger partial charge < -0.3 is 0 Å². The van der Waals surface area contributed by atoms with Crippen molar-refractivity contribution in [2.75, 3.05) is 11.5 Å². The highest BCUT2D eigenvalue weighted by Gasteiger charge is 2.04. The third kappa shape index (κ3) is 21.9. The Morgan fingerprint density at radius 2 is 0.808 bits per heavy atom. The van der Waals surface area contributed by atoms with Crippen molar-refractivity contribution in [2.45, 2.75) is 104 Å². The van der Waals surface area contributed by atoms with Crippen LogP contribution in [0.4, 0.5) is 0 Å². The van der Waals surface area contributed by atoms with Gasteiger partial charge in [-0.2, -0.15) is 0 Å². The molecule has 0 unspecified atom stereocenters. The average Bonchev–Trinajstić information content (AvgIpc) is 2.64. The van der Waals surface area contributed by atoms with Gasteiger partial charge in [-0.25, -0.2) is 0 Å². The first kappa shape index (κ1) is 27.6. The van der Waals surface area contributed by atoms with Gasteiger partial charge >= 0.3 is 0 Å². The van der Waals surface area contributed by atoms with Crippen molar-refractivity contribution in [3.05, 3.63) is 0 Å². The zero-order chi connectivity index (χ0) is 19.3. The molecule has 0 atom stereocenters. The Kier molecular flexibility index (Phi) is 24.3. The van der Waals surface area contributed by atoms with Gasteiger partial charge in [-0.05, 0) is 45.9 Å². The lowest BCUT2D eigenvalue weighted by molar-refractivity contribution is 0.604. The summed E-state index contributed by atoms with van der Waals surface area (Å²) >= 11 is 14.6. The summed E-state index contributed by atoms with van der Waals surface area (Å²) in [5.74, 6) is 2.33. The van der Waals surface area contributed by atoms with E-state index in [4.69, 9.17) is 24.4 Å². The maximum atomic E-state index is 5.45. The monoisotopic (exact) mass is 470 g/mol. The van der Waals surface area contributed by atoms with E-state index in [0.717, 1.165) is 18.6 Å². The fourth-order valence-electron chi connectivity index (χ4n) is 2.55. The molecule has 0 heterocycles. The van der Waals surface area contributed by atoms with E-state index >= 15 is 0 Å². The van der Waals surface area contributed by atoms with Crippen molar-refractivity contribution >= 4 is 76.6 Å². The Balaban J connectivity index is 3.33. The van der Waals surface area contributed by atoms with Crippen LogP contribution >= 0.6 is 69.5 Å². The third-order valence-electron chi connectivity index (χ3n) is 4.11. The zero-order valence-corrected chi connectivity index (χ0v) is 21.7. The summed E-state index contributed by atoms with van der Waals surface area (Å²) in [6, 6.07) is 0. The summed E-state index contributed by atoms with van der Waals surface area (Å²) in [5, 5.41) is 0. The van der Waals surface area contributed by atoms with Crippen molar-refractivity contribution in [3.8, 4) is 0 Å². The quantitative estimate of drug-likeness (QED) is 0.124. The molecule has 0 radical (unpaired) electrons. The average molecular weight is 471 g/mol. The fraction of sp³-hybridized carbons (Fsp3) is 0.900. The van der Waals surface area contributed by atoms with E-state index in [0.29, 0.717) is 0 Å². The van der Waals surface area contributed by atoms with Crippen molar-refractivity contribution < 1.29 is 0 Å². The highest BCUT2D eigenvalue weighted by molar-refractivity contribution is 8.96. The van der Waals surface area contributed by atoms with Crippen LogP contribution in [0.1, 0.15) is 104 Å². The molecule has 0 aromatic carbocycles. The highest BCUT2D eigenvalue weighted by Crippen LogP contribution is 2.34. The van der Waals surface area contributed by atoms with Gasteiger partial charge in [0.25, 0.3) is 0 Å². The maximum Gasteiger partial charge on any atom is 0.115 e. The minimum Gasteiger partial charge on any atom is -0.107 e. The number of thioether (sulfide) groups is 2. The van der Waals surface area contributed by atoms with Crippen LogP contribution in [0.3, 0.4) is 0 Å². The molecule has 0 aromatic heterocycles. The number of rotatable bonds is 16. The molecule has 0 spiro atoms. The number of unbranched alkanes of at least 4 members (excludes halogenated alkanes) is 12. The van der Waals surface area contributed by atoms with Crippen LogP contribution < -0.4 is 0 Å². The standard InChI is InChI=1S/C20H38S6/c1-3-5-7-9-11-13-15-17-23-19(21)25-26-20(22)24-18-16-14-12-10-8-6-4-2/h3-18H2,1-2H3. The largest absolute Gasteiger partial charge is 0.115 e. The molecule has 0 aromatic rings. The summed E-state index contributed by atoms with van der Waals surface area (Å²) in [6.07, 6.45) is 19.1. The number of hydrogen-bond acceptors (Lipinski definition) is 6. The second kappa shape index (κ2) is 22.9. The van der Waals surface area contributed by atoms with E-state index in [1.807, 2.05) is 23.5 Å². The molecule has 0 saturated carbocycles. The van der Waals surface area contributed by atoms with E-state index in [-0.39, 0.29) is 0 Å². The van der Waals surface area contributed by atoms with Gasteiger partial charge in [-0.15, -0.1) is 23.5 Å². The number of thiocarbonyl (C=S) groups is 2. The molecule has 0 aliphatic carbocycles. The Labute approximate surface area is 190 Å². The molecule has 0 aliphatic heterocycles. The molecule has 0 saturated heterocycles. The summed E-state index contributed by atoms with van der Waals surface area (Å²) in [4.78, 5) is 0. The summed E-state index contributed by atoms with van der Waals surface area (Å²) in [5.41, 5.74) is 0. The van der Waals surface area contributed by atoms with Crippen molar-refractivity contribution in [3.63, 3.8) is 0 Å². The van der Waals surface area contributed by atoms with Gasteiger partial charge in [-0.1, -0.05) is 115 Å². The molecule has 0 nitrogen and oxygen atoms in total. The van der Waals surface area contributed by atoms with Crippen LogP contribution in [0.25, 0.3) is 0 Å². The predicted octanol–water partition coefficient (Wildman–Crippen LogP) is 9.91. The molecular weight excluding hydrogens is 433 g/mol. The number of hydrogen-bond donors (Lipinski definition) is 0. The molecule has 0 amide bonds. The van der Waals surface area contributed by atoms with E-state index in [1.54, 1.807) is 21.6 Å². The molecule has 0 N–H and O–H groups in total. The van der Waals surface area contributed by atoms with Crippen LogP contribution in [-0.4, -0.2) is 18.6 Å². The van der Waals surface area contributed by atoms with Gasteiger partial charge in [0.1, 0.15) is 7.06 Å². The first-order chi connectivity index (χ1) is 12.7. The SMILES string of the molecule is CCCCCCCCCSC(=S)SSC(=S)SCCCCCCCCC. The Morgan fingerprint density at radius 3 is 1.15 bits per heavy atom. The first-order valence-electron chi connectivity index (χ1n) is 10.4. The van der Waals surface area contributed by atoms with Crippen LogP contribution in [0.2, 0.25) is 0 Å². The minimum absolute atomic E-state index is 1.04. The third-order valence-corrected chi connectivity index (χ3v) is 10.9. The van der Waals surface area contributed by atoms with Crippen molar-refractivity contribution in [1.29, 1.82) is 0 Å². The van der Waals surface area contributed by atoms with Crippen LogP contribution in [0, 0.1) is 0 Å². The molecule has 26 heavy (non-hydrogen) atoms. The van der Waals surface area contributed by atoms with Gasteiger partial charge in [-0.3, -0.25) is 0 Å². The second-order valence-electron chi connectivity index (χ2n) is 6.61. The molecular formula is C20H38S6.